The van der Waals surface area contributed by atoms with Gasteiger partial charge in [-0.15, -0.1) is 6.58 Å². The first-order chi connectivity index (χ1) is 7.81. The Morgan fingerprint density at radius 1 is 1.44 bits per heavy atom. The molecule has 0 fully saturated rings. The van der Waals surface area contributed by atoms with Gasteiger partial charge in [-0.1, -0.05) is 22.0 Å². The molecular formula is C13H14BrNO. The first-order valence-corrected chi connectivity index (χ1v) is 6.04. The van der Waals surface area contributed by atoms with Crippen LogP contribution in [0.3, 0.4) is 0 Å². The number of rotatable bonds is 5. The van der Waals surface area contributed by atoms with Gasteiger partial charge >= 0.3 is 0 Å². The Morgan fingerprint density at radius 2 is 2.31 bits per heavy atom. The highest BCUT2D eigenvalue weighted by Gasteiger charge is 2.03. The molecule has 0 atom stereocenters. The summed E-state index contributed by atoms with van der Waals surface area (Å²) in [6.07, 6.45) is 4.74. The van der Waals surface area contributed by atoms with Gasteiger partial charge in [-0.25, -0.2) is 0 Å². The van der Waals surface area contributed by atoms with Crippen molar-refractivity contribution in [3.8, 4) is 0 Å². The quantitative estimate of drug-likeness (QED) is 0.656. The molecule has 0 spiro atoms. The van der Waals surface area contributed by atoms with E-state index in [4.69, 9.17) is 4.74 Å². The van der Waals surface area contributed by atoms with Gasteiger partial charge < -0.3 is 9.72 Å². The Balaban J connectivity index is 2.11. The molecule has 16 heavy (non-hydrogen) atoms. The topological polar surface area (TPSA) is 25.0 Å². The van der Waals surface area contributed by atoms with Crippen LogP contribution in [0, 0.1) is 0 Å². The number of fused-ring (bicyclic) bond motifs is 1. The van der Waals surface area contributed by atoms with E-state index in [0.717, 1.165) is 17.5 Å². The molecule has 0 saturated heterocycles. The van der Waals surface area contributed by atoms with Gasteiger partial charge in [0, 0.05) is 21.6 Å². The highest BCUT2D eigenvalue weighted by atomic mass is 79.9. The number of aromatic nitrogens is 1. The number of H-pyrrole nitrogens is 1. The lowest BCUT2D eigenvalue weighted by Crippen LogP contribution is -1.97. The molecule has 2 nitrogen and oxygen atoms in total. The lowest BCUT2D eigenvalue weighted by atomic mass is 10.1. The molecule has 0 amide bonds. The lowest BCUT2D eigenvalue weighted by molar-refractivity contribution is 0.166. The maximum absolute atomic E-state index is 5.39. The van der Waals surface area contributed by atoms with Crippen molar-refractivity contribution in [1.29, 1.82) is 0 Å². The number of aromatic amines is 1. The number of benzene rings is 1. The molecule has 0 saturated carbocycles. The molecule has 0 aliphatic heterocycles. The van der Waals surface area contributed by atoms with E-state index in [1.807, 2.05) is 12.3 Å². The van der Waals surface area contributed by atoms with Crippen LogP contribution in [0.1, 0.15) is 5.56 Å². The maximum Gasteiger partial charge on any atom is 0.0644 e. The van der Waals surface area contributed by atoms with Crippen molar-refractivity contribution in [3.05, 3.63) is 47.1 Å². The number of halogens is 1. The van der Waals surface area contributed by atoms with E-state index < -0.39 is 0 Å². The van der Waals surface area contributed by atoms with Crippen molar-refractivity contribution in [2.24, 2.45) is 0 Å². The monoisotopic (exact) mass is 279 g/mol. The third-order valence-corrected chi connectivity index (χ3v) is 2.97. The first-order valence-electron chi connectivity index (χ1n) is 5.25. The standard InChI is InChI=1S/C13H14BrNO/c1-2-6-16-7-5-10-9-15-13-4-3-11(14)8-12(10)13/h2-4,8-9,15H,1,5-7H2. The van der Waals surface area contributed by atoms with Crippen molar-refractivity contribution in [2.75, 3.05) is 13.2 Å². The SMILES string of the molecule is C=CCOCCc1c[nH]c2ccc(Br)cc12. The average Bonchev–Trinajstić information content (AvgIpc) is 2.67. The molecule has 1 aromatic carbocycles. The Bertz CT molecular complexity index is 490. The zero-order chi connectivity index (χ0) is 11.4. The summed E-state index contributed by atoms with van der Waals surface area (Å²) >= 11 is 3.49. The minimum atomic E-state index is 0.617. The van der Waals surface area contributed by atoms with E-state index in [2.05, 4.69) is 39.6 Å². The maximum atomic E-state index is 5.39. The summed E-state index contributed by atoms with van der Waals surface area (Å²) in [6.45, 7) is 4.96. The van der Waals surface area contributed by atoms with Gasteiger partial charge in [0.05, 0.1) is 13.2 Å². The number of ether oxygens (including phenoxy) is 1. The normalized spacial score (nSPS) is 10.8. The fourth-order valence-electron chi connectivity index (χ4n) is 1.71. The summed E-state index contributed by atoms with van der Waals surface area (Å²) in [5, 5.41) is 1.26. The van der Waals surface area contributed by atoms with E-state index in [0.29, 0.717) is 6.61 Å². The van der Waals surface area contributed by atoms with Crippen molar-refractivity contribution in [1.82, 2.24) is 4.98 Å². The molecule has 3 heteroatoms. The second-order valence-corrected chi connectivity index (χ2v) is 4.53. The van der Waals surface area contributed by atoms with Crippen molar-refractivity contribution >= 4 is 26.8 Å². The van der Waals surface area contributed by atoms with Crippen molar-refractivity contribution < 1.29 is 4.74 Å². The van der Waals surface area contributed by atoms with Gasteiger partial charge in [-0.2, -0.15) is 0 Å². The van der Waals surface area contributed by atoms with E-state index in [1.165, 1.54) is 16.5 Å². The molecule has 2 aromatic rings. The van der Waals surface area contributed by atoms with E-state index in [9.17, 15) is 0 Å². The Labute approximate surface area is 103 Å². The third-order valence-electron chi connectivity index (χ3n) is 2.48. The minimum absolute atomic E-state index is 0.617. The first kappa shape index (κ1) is 11.4. The molecule has 1 N–H and O–H groups in total. The Hall–Kier alpha value is -1.06. The van der Waals surface area contributed by atoms with Gasteiger partial charge in [0.15, 0.2) is 0 Å². The Kier molecular flexibility index (Phi) is 3.80. The molecule has 0 aliphatic carbocycles. The number of hydrogen-bond donors (Lipinski definition) is 1. The molecule has 1 aromatic heterocycles. The summed E-state index contributed by atoms with van der Waals surface area (Å²) in [6, 6.07) is 6.25. The predicted molar refractivity (Wildman–Crippen MR) is 70.7 cm³/mol. The molecule has 1 heterocycles. The van der Waals surface area contributed by atoms with Gasteiger partial charge in [0.1, 0.15) is 0 Å². The van der Waals surface area contributed by atoms with Crippen molar-refractivity contribution in [2.45, 2.75) is 6.42 Å². The zero-order valence-corrected chi connectivity index (χ0v) is 10.6. The van der Waals surface area contributed by atoms with Crippen LogP contribution in [-0.2, 0) is 11.2 Å². The molecule has 84 valence electrons. The third kappa shape index (κ3) is 2.54. The molecule has 0 aliphatic rings. The van der Waals surface area contributed by atoms with Crippen molar-refractivity contribution in [3.63, 3.8) is 0 Å². The van der Waals surface area contributed by atoms with E-state index >= 15 is 0 Å². The second-order valence-electron chi connectivity index (χ2n) is 3.62. The van der Waals surface area contributed by atoms with Crippen LogP contribution in [0.25, 0.3) is 10.9 Å². The van der Waals surface area contributed by atoms with Crippen LogP contribution >= 0.6 is 15.9 Å². The zero-order valence-electron chi connectivity index (χ0n) is 9.00. The largest absolute Gasteiger partial charge is 0.377 e. The van der Waals surface area contributed by atoms with Crippen LogP contribution in [-0.4, -0.2) is 18.2 Å². The van der Waals surface area contributed by atoms with Gasteiger partial charge in [0.2, 0.25) is 0 Å². The summed E-state index contributed by atoms with van der Waals surface area (Å²) in [5.74, 6) is 0. The summed E-state index contributed by atoms with van der Waals surface area (Å²) < 4.78 is 6.50. The number of hydrogen-bond acceptors (Lipinski definition) is 1. The van der Waals surface area contributed by atoms with Gasteiger partial charge in [-0.3, -0.25) is 0 Å². The van der Waals surface area contributed by atoms with E-state index in [1.54, 1.807) is 6.08 Å². The summed E-state index contributed by atoms with van der Waals surface area (Å²) in [7, 11) is 0. The molecule has 0 bridgehead atoms. The van der Waals surface area contributed by atoms with Crippen LogP contribution < -0.4 is 0 Å². The van der Waals surface area contributed by atoms with Crippen LogP contribution in [0.2, 0.25) is 0 Å². The molecule has 0 unspecified atom stereocenters. The minimum Gasteiger partial charge on any atom is -0.377 e. The average molecular weight is 280 g/mol. The van der Waals surface area contributed by atoms with Crippen LogP contribution in [0.5, 0.6) is 0 Å². The second kappa shape index (κ2) is 5.32. The smallest absolute Gasteiger partial charge is 0.0644 e. The Morgan fingerprint density at radius 3 is 3.12 bits per heavy atom. The fraction of sp³-hybridized carbons (Fsp3) is 0.231. The van der Waals surface area contributed by atoms with Gasteiger partial charge in [0.25, 0.3) is 0 Å². The van der Waals surface area contributed by atoms with E-state index in [-0.39, 0.29) is 0 Å². The highest BCUT2D eigenvalue weighted by Crippen LogP contribution is 2.22. The molecule has 0 radical (unpaired) electrons. The predicted octanol–water partition coefficient (Wildman–Crippen LogP) is 3.68. The van der Waals surface area contributed by atoms with Crippen LogP contribution in [0.15, 0.2) is 41.5 Å². The lowest BCUT2D eigenvalue weighted by Gasteiger charge is -2.00. The van der Waals surface area contributed by atoms with Crippen LogP contribution in [0.4, 0.5) is 0 Å². The number of nitrogens with one attached hydrogen (secondary N) is 1. The molecular weight excluding hydrogens is 266 g/mol. The summed E-state index contributed by atoms with van der Waals surface area (Å²) in [5.41, 5.74) is 2.46. The highest BCUT2D eigenvalue weighted by molar-refractivity contribution is 9.10. The van der Waals surface area contributed by atoms with Gasteiger partial charge in [-0.05, 0) is 30.2 Å². The summed E-state index contributed by atoms with van der Waals surface area (Å²) in [4.78, 5) is 3.26. The molecule has 2 rings (SSSR count). The fourth-order valence-corrected chi connectivity index (χ4v) is 2.07.